The lowest BCUT2D eigenvalue weighted by molar-refractivity contribution is -0.176. The van der Waals surface area contributed by atoms with Crippen LogP contribution in [0.3, 0.4) is 0 Å². The van der Waals surface area contributed by atoms with E-state index in [1.807, 2.05) is 5.32 Å². The van der Waals surface area contributed by atoms with Crippen molar-refractivity contribution in [3.05, 3.63) is 35.9 Å². The molecule has 28 heavy (non-hydrogen) atoms. The predicted molar refractivity (Wildman–Crippen MR) is 95.3 cm³/mol. The number of hydrogen-bond donors (Lipinski definition) is 1. The fourth-order valence-corrected chi connectivity index (χ4v) is 5.34. The van der Waals surface area contributed by atoms with Gasteiger partial charge in [0.1, 0.15) is 12.1 Å². The number of nitrogens with zero attached hydrogens (tertiary/aromatic N) is 1. The van der Waals surface area contributed by atoms with E-state index in [-0.39, 0.29) is 5.25 Å². The first-order chi connectivity index (χ1) is 13.1. The summed E-state index contributed by atoms with van der Waals surface area (Å²) in [4.78, 5) is 38.2. The number of methoxy groups -OCH3 is 1. The van der Waals surface area contributed by atoms with Gasteiger partial charge in [-0.15, -0.1) is 11.8 Å². The molecule has 0 unspecified atom stereocenters. The molecule has 3 rings (SSSR count). The fraction of sp³-hybridized carbons (Fsp3) is 0.500. The molecule has 0 aromatic heterocycles. The standard InChI is InChI=1S/C18H19F3N2O4S/c1-9-14(16(25)27-2)23-12(28-9)8-11(10-6-4-3-5-7-10)13(15(23)24)22-17(26)18(19,20)21/h3-7,9,11-14H,8H2,1-2H3,(H,22,26)/t9-,11-,12-,13-,14-/m0/s1. The molecule has 2 amide bonds. The zero-order chi connectivity index (χ0) is 20.6. The predicted octanol–water partition coefficient (Wildman–Crippen LogP) is 2.05. The van der Waals surface area contributed by atoms with Gasteiger partial charge in [-0.3, -0.25) is 9.59 Å². The maximum absolute atomic E-state index is 13.2. The summed E-state index contributed by atoms with van der Waals surface area (Å²) in [5.74, 6) is -4.16. The third-order valence-electron chi connectivity index (χ3n) is 5.02. The third kappa shape index (κ3) is 3.69. The van der Waals surface area contributed by atoms with Crippen molar-refractivity contribution in [2.45, 2.75) is 48.1 Å². The number of amides is 2. The van der Waals surface area contributed by atoms with Crippen LogP contribution in [0.25, 0.3) is 0 Å². The molecule has 5 atom stereocenters. The number of fused-ring (bicyclic) bond motifs is 1. The van der Waals surface area contributed by atoms with Gasteiger partial charge in [-0.2, -0.15) is 13.2 Å². The fourth-order valence-electron chi connectivity index (χ4n) is 3.77. The van der Waals surface area contributed by atoms with Crippen molar-refractivity contribution < 1.29 is 32.3 Å². The normalized spacial score (nSPS) is 30.0. The van der Waals surface area contributed by atoms with Crippen LogP contribution in [-0.2, 0) is 19.1 Å². The zero-order valence-electron chi connectivity index (χ0n) is 15.1. The number of piperidine rings is 1. The number of carbonyl (C=O) groups is 3. The van der Waals surface area contributed by atoms with E-state index in [0.717, 1.165) is 0 Å². The van der Waals surface area contributed by atoms with E-state index in [9.17, 15) is 27.6 Å². The summed E-state index contributed by atoms with van der Waals surface area (Å²) in [6.45, 7) is 1.76. The molecular formula is C18H19F3N2O4S. The number of benzene rings is 1. The van der Waals surface area contributed by atoms with Crippen molar-refractivity contribution >= 4 is 29.5 Å². The molecule has 1 aromatic rings. The topological polar surface area (TPSA) is 75.7 Å². The van der Waals surface area contributed by atoms with Gasteiger partial charge in [0.25, 0.3) is 0 Å². The number of halogens is 3. The second kappa shape index (κ2) is 7.65. The highest BCUT2D eigenvalue weighted by atomic mass is 32.2. The number of nitrogens with one attached hydrogen (secondary N) is 1. The van der Waals surface area contributed by atoms with Crippen molar-refractivity contribution in [3.63, 3.8) is 0 Å². The first-order valence-electron chi connectivity index (χ1n) is 8.63. The summed E-state index contributed by atoms with van der Waals surface area (Å²) in [5.41, 5.74) is 0.651. The zero-order valence-corrected chi connectivity index (χ0v) is 15.9. The molecule has 1 N–H and O–H groups in total. The Balaban J connectivity index is 1.97. The molecule has 0 saturated carbocycles. The number of rotatable bonds is 3. The number of hydrogen-bond acceptors (Lipinski definition) is 5. The molecule has 2 fully saturated rings. The number of esters is 1. The molecular weight excluding hydrogens is 397 g/mol. The molecule has 152 valence electrons. The van der Waals surface area contributed by atoms with E-state index in [4.69, 9.17) is 4.74 Å². The monoisotopic (exact) mass is 416 g/mol. The second-order valence-corrected chi connectivity index (χ2v) is 8.27. The molecule has 0 aliphatic carbocycles. The van der Waals surface area contributed by atoms with E-state index in [2.05, 4.69) is 0 Å². The van der Waals surface area contributed by atoms with Crippen LogP contribution in [0.2, 0.25) is 0 Å². The van der Waals surface area contributed by atoms with Gasteiger partial charge < -0.3 is 15.0 Å². The summed E-state index contributed by atoms with van der Waals surface area (Å²) < 4.78 is 43.3. The molecule has 2 saturated heterocycles. The Hall–Kier alpha value is -2.23. The van der Waals surface area contributed by atoms with E-state index >= 15 is 0 Å². The first kappa shape index (κ1) is 20.5. The van der Waals surface area contributed by atoms with Gasteiger partial charge >= 0.3 is 18.1 Å². The third-order valence-corrected chi connectivity index (χ3v) is 6.44. The van der Waals surface area contributed by atoms with Gasteiger partial charge in [-0.05, 0) is 12.0 Å². The second-order valence-electron chi connectivity index (χ2n) is 6.71. The molecule has 2 aliphatic heterocycles. The summed E-state index contributed by atoms with van der Waals surface area (Å²) in [5, 5.41) is 1.17. The van der Waals surface area contributed by atoms with Gasteiger partial charge in [0.15, 0.2) is 0 Å². The summed E-state index contributed by atoms with van der Waals surface area (Å²) in [7, 11) is 1.19. The van der Waals surface area contributed by atoms with Crippen molar-refractivity contribution in [2.75, 3.05) is 7.11 Å². The Kier molecular flexibility index (Phi) is 5.60. The molecule has 2 aliphatic rings. The number of alkyl halides is 3. The number of thioether (sulfide) groups is 1. The van der Waals surface area contributed by atoms with Crippen LogP contribution >= 0.6 is 11.8 Å². The summed E-state index contributed by atoms with van der Waals surface area (Å²) in [6.07, 6.45) is -4.81. The van der Waals surface area contributed by atoms with Gasteiger partial charge in [0.2, 0.25) is 5.91 Å². The van der Waals surface area contributed by atoms with Crippen LogP contribution in [0, 0.1) is 0 Å². The average molecular weight is 416 g/mol. The quantitative estimate of drug-likeness (QED) is 0.764. The molecule has 0 radical (unpaired) electrons. The van der Waals surface area contributed by atoms with E-state index in [0.29, 0.717) is 12.0 Å². The van der Waals surface area contributed by atoms with Crippen LogP contribution in [0.4, 0.5) is 13.2 Å². The lowest BCUT2D eigenvalue weighted by Crippen LogP contribution is -2.62. The highest BCUT2D eigenvalue weighted by Gasteiger charge is 2.55. The molecule has 6 nitrogen and oxygen atoms in total. The van der Waals surface area contributed by atoms with Crippen molar-refractivity contribution in [1.29, 1.82) is 0 Å². The van der Waals surface area contributed by atoms with E-state index in [1.165, 1.54) is 23.8 Å². The number of ether oxygens (including phenoxy) is 1. The average Bonchev–Trinajstić information content (AvgIpc) is 2.99. The molecule has 0 spiro atoms. The van der Waals surface area contributed by atoms with Crippen LogP contribution in [0.5, 0.6) is 0 Å². The van der Waals surface area contributed by atoms with Crippen molar-refractivity contribution in [3.8, 4) is 0 Å². The largest absolute Gasteiger partial charge is 0.471 e. The Morgan fingerprint density at radius 3 is 2.46 bits per heavy atom. The van der Waals surface area contributed by atoms with Gasteiger partial charge in [-0.25, -0.2) is 4.79 Å². The van der Waals surface area contributed by atoms with Crippen molar-refractivity contribution in [2.24, 2.45) is 0 Å². The highest BCUT2D eigenvalue weighted by Crippen LogP contribution is 2.46. The lowest BCUT2D eigenvalue weighted by Gasteiger charge is -2.41. The molecule has 0 bridgehead atoms. The Bertz CT molecular complexity index is 774. The van der Waals surface area contributed by atoms with Crippen LogP contribution in [0.1, 0.15) is 24.8 Å². The number of carbonyl (C=O) groups excluding carboxylic acids is 3. The Labute approximate surface area is 163 Å². The summed E-state index contributed by atoms with van der Waals surface area (Å²) >= 11 is 1.40. The summed E-state index contributed by atoms with van der Waals surface area (Å²) in [6, 6.07) is 6.28. The SMILES string of the molecule is COC(=O)[C@@H]1[C@H](C)S[C@H]2C[C@@H](c3ccccc3)[C@H](NC(=O)C(F)(F)F)C(=O)N21. The highest BCUT2D eigenvalue weighted by molar-refractivity contribution is 8.00. The van der Waals surface area contributed by atoms with Gasteiger partial charge in [0, 0.05) is 11.2 Å². The first-order valence-corrected chi connectivity index (χ1v) is 9.57. The Morgan fingerprint density at radius 2 is 1.89 bits per heavy atom. The molecule has 1 aromatic carbocycles. The Morgan fingerprint density at radius 1 is 1.25 bits per heavy atom. The maximum atomic E-state index is 13.2. The smallest absolute Gasteiger partial charge is 0.467 e. The van der Waals surface area contributed by atoms with Crippen LogP contribution in [0.15, 0.2) is 30.3 Å². The minimum atomic E-state index is -5.12. The van der Waals surface area contributed by atoms with E-state index in [1.54, 1.807) is 37.3 Å². The molecule has 2 heterocycles. The van der Waals surface area contributed by atoms with Gasteiger partial charge in [-0.1, -0.05) is 37.3 Å². The minimum absolute atomic E-state index is 0.283. The van der Waals surface area contributed by atoms with E-state index < -0.39 is 47.3 Å². The lowest BCUT2D eigenvalue weighted by atomic mass is 9.83. The minimum Gasteiger partial charge on any atom is -0.467 e. The van der Waals surface area contributed by atoms with Gasteiger partial charge in [0.05, 0.1) is 12.5 Å². The van der Waals surface area contributed by atoms with Crippen LogP contribution < -0.4 is 5.32 Å². The maximum Gasteiger partial charge on any atom is 0.471 e. The van der Waals surface area contributed by atoms with Crippen LogP contribution in [-0.4, -0.2) is 58.7 Å². The van der Waals surface area contributed by atoms with Crippen molar-refractivity contribution in [1.82, 2.24) is 10.2 Å². The molecule has 10 heteroatoms.